The van der Waals surface area contributed by atoms with Crippen molar-refractivity contribution in [2.75, 3.05) is 26.8 Å². The molecule has 0 radical (unpaired) electrons. The average Bonchev–Trinajstić information content (AvgIpc) is 2.69. The van der Waals surface area contributed by atoms with Gasteiger partial charge < -0.3 is 15.2 Å². The number of ether oxygens (including phenoxy) is 2. The number of benzene rings is 2. The number of hydrogen-bond donors (Lipinski definition) is 1. The van der Waals surface area contributed by atoms with E-state index in [0.29, 0.717) is 19.6 Å². The molecule has 2 N–H and O–H groups in total. The fourth-order valence-corrected chi connectivity index (χ4v) is 3.97. The summed E-state index contributed by atoms with van der Waals surface area (Å²) in [5.74, 6) is 0.675. The third-order valence-corrected chi connectivity index (χ3v) is 5.13. The molecule has 5 heteroatoms. The van der Waals surface area contributed by atoms with E-state index in [2.05, 4.69) is 41.3 Å². The van der Waals surface area contributed by atoms with Crippen LogP contribution in [0.15, 0.2) is 48.5 Å². The van der Waals surface area contributed by atoms with E-state index < -0.39 is 0 Å². The second-order valence-corrected chi connectivity index (χ2v) is 6.77. The van der Waals surface area contributed by atoms with E-state index in [4.69, 9.17) is 15.2 Å². The minimum atomic E-state index is -0.155. The molecule has 5 nitrogen and oxygen atoms in total. The van der Waals surface area contributed by atoms with Gasteiger partial charge in [-0.2, -0.15) is 0 Å². The molecule has 2 aromatic rings. The van der Waals surface area contributed by atoms with E-state index >= 15 is 0 Å². The quantitative estimate of drug-likeness (QED) is 0.761. The third-order valence-electron chi connectivity index (χ3n) is 5.13. The molecule has 1 aliphatic heterocycles. The van der Waals surface area contributed by atoms with E-state index in [0.717, 1.165) is 18.7 Å². The Morgan fingerprint density at radius 3 is 2.59 bits per heavy atom. The van der Waals surface area contributed by atoms with Crippen molar-refractivity contribution in [1.29, 1.82) is 0 Å². The lowest BCUT2D eigenvalue weighted by Gasteiger charge is -2.43. The van der Waals surface area contributed by atoms with Crippen molar-refractivity contribution in [3.05, 3.63) is 65.2 Å². The van der Waals surface area contributed by atoms with Gasteiger partial charge in [-0.25, -0.2) is 0 Å². The highest BCUT2D eigenvalue weighted by molar-refractivity contribution is 5.70. The zero-order chi connectivity index (χ0) is 19.2. The molecule has 0 fully saturated rings. The first-order valence-corrected chi connectivity index (χ1v) is 9.51. The highest BCUT2D eigenvalue weighted by atomic mass is 16.5. The first-order valence-electron chi connectivity index (χ1n) is 9.51. The van der Waals surface area contributed by atoms with Gasteiger partial charge in [-0.05, 0) is 42.2 Å². The first kappa shape index (κ1) is 19.4. The standard InChI is InChI=1S/C22H28N2O3/c1-3-27-21(25)15-18-14-17-6-4-5-7-20(17)22(24(18)13-12-23)16-8-10-19(26-2)11-9-16/h4-11,18,22H,3,12-15,23H2,1-2H3/t18-,22-/m1/s1. The maximum absolute atomic E-state index is 12.2. The summed E-state index contributed by atoms with van der Waals surface area (Å²) < 4.78 is 10.5. The summed E-state index contributed by atoms with van der Waals surface area (Å²) in [6.07, 6.45) is 1.19. The van der Waals surface area contributed by atoms with Gasteiger partial charge in [0, 0.05) is 19.1 Å². The minimum absolute atomic E-state index is 0.0591. The average molecular weight is 368 g/mol. The van der Waals surface area contributed by atoms with Crippen LogP contribution in [0, 0.1) is 0 Å². The van der Waals surface area contributed by atoms with Gasteiger partial charge in [0.25, 0.3) is 0 Å². The Morgan fingerprint density at radius 1 is 1.19 bits per heavy atom. The van der Waals surface area contributed by atoms with Crippen LogP contribution >= 0.6 is 0 Å². The Bertz CT molecular complexity index is 760. The molecule has 1 aliphatic rings. The lowest BCUT2D eigenvalue weighted by molar-refractivity contribution is -0.144. The van der Waals surface area contributed by atoms with Crippen molar-refractivity contribution in [2.45, 2.75) is 31.8 Å². The van der Waals surface area contributed by atoms with E-state index in [1.54, 1.807) is 7.11 Å². The molecule has 0 saturated heterocycles. The molecule has 0 bridgehead atoms. The largest absolute Gasteiger partial charge is 0.497 e. The molecule has 0 spiro atoms. The molecule has 0 aliphatic carbocycles. The lowest BCUT2D eigenvalue weighted by Crippen LogP contribution is -2.47. The first-order chi connectivity index (χ1) is 13.2. The summed E-state index contributed by atoms with van der Waals surface area (Å²) in [6, 6.07) is 16.7. The van der Waals surface area contributed by atoms with Crippen LogP contribution in [0.25, 0.3) is 0 Å². The summed E-state index contributed by atoms with van der Waals surface area (Å²) in [4.78, 5) is 14.6. The maximum atomic E-state index is 12.2. The molecule has 2 aromatic carbocycles. The molecule has 2 atom stereocenters. The zero-order valence-corrected chi connectivity index (χ0v) is 16.1. The van der Waals surface area contributed by atoms with E-state index in [9.17, 15) is 4.79 Å². The number of hydrogen-bond acceptors (Lipinski definition) is 5. The number of methoxy groups -OCH3 is 1. The molecular weight excluding hydrogens is 340 g/mol. The highest BCUT2D eigenvalue weighted by Crippen LogP contribution is 2.39. The fourth-order valence-electron chi connectivity index (χ4n) is 3.97. The summed E-state index contributed by atoms with van der Waals surface area (Å²) in [7, 11) is 1.67. The molecule has 3 rings (SSSR count). The SMILES string of the molecule is CCOC(=O)C[C@H]1Cc2ccccc2[C@@H](c2ccc(OC)cc2)N1CCN. The van der Waals surface area contributed by atoms with Crippen LogP contribution in [0.5, 0.6) is 5.75 Å². The molecule has 0 aromatic heterocycles. The van der Waals surface area contributed by atoms with Gasteiger partial charge in [0.05, 0.1) is 26.2 Å². The minimum Gasteiger partial charge on any atom is -0.497 e. The summed E-state index contributed by atoms with van der Waals surface area (Å²) in [5.41, 5.74) is 9.66. The van der Waals surface area contributed by atoms with Crippen molar-refractivity contribution in [1.82, 2.24) is 4.90 Å². The molecule has 27 heavy (non-hydrogen) atoms. The Hall–Kier alpha value is -2.37. The van der Waals surface area contributed by atoms with Crippen molar-refractivity contribution >= 4 is 5.97 Å². The zero-order valence-electron chi connectivity index (χ0n) is 16.1. The van der Waals surface area contributed by atoms with Gasteiger partial charge in [0.1, 0.15) is 5.75 Å². The van der Waals surface area contributed by atoms with E-state index in [-0.39, 0.29) is 18.1 Å². The van der Waals surface area contributed by atoms with E-state index in [1.165, 1.54) is 16.7 Å². The van der Waals surface area contributed by atoms with Crippen molar-refractivity contribution in [3.63, 3.8) is 0 Å². The van der Waals surface area contributed by atoms with Crippen LogP contribution < -0.4 is 10.5 Å². The van der Waals surface area contributed by atoms with Crippen LogP contribution in [0.2, 0.25) is 0 Å². The number of carbonyl (C=O) groups excluding carboxylic acids is 1. The number of fused-ring (bicyclic) bond motifs is 1. The summed E-state index contributed by atoms with van der Waals surface area (Å²) in [5, 5.41) is 0. The van der Waals surface area contributed by atoms with Crippen LogP contribution in [0.1, 0.15) is 36.1 Å². The Morgan fingerprint density at radius 2 is 1.93 bits per heavy atom. The molecule has 0 saturated carbocycles. The monoisotopic (exact) mass is 368 g/mol. The molecule has 144 valence electrons. The van der Waals surface area contributed by atoms with Gasteiger partial charge in [-0.1, -0.05) is 36.4 Å². The predicted octanol–water partition coefficient (Wildman–Crippen LogP) is 2.92. The smallest absolute Gasteiger partial charge is 0.307 e. The molecule has 1 heterocycles. The summed E-state index contributed by atoms with van der Waals surface area (Å²) >= 11 is 0. The Labute approximate surface area is 161 Å². The van der Waals surface area contributed by atoms with Crippen LogP contribution in [-0.2, 0) is 16.0 Å². The topological polar surface area (TPSA) is 64.8 Å². The van der Waals surface area contributed by atoms with Crippen molar-refractivity contribution in [2.24, 2.45) is 5.73 Å². The Balaban J connectivity index is 2.00. The maximum Gasteiger partial charge on any atom is 0.307 e. The number of carbonyl (C=O) groups is 1. The number of nitrogens with zero attached hydrogens (tertiary/aromatic N) is 1. The fraction of sp³-hybridized carbons (Fsp3) is 0.409. The highest BCUT2D eigenvalue weighted by Gasteiger charge is 2.35. The Kier molecular flexibility index (Phi) is 6.48. The van der Waals surface area contributed by atoms with Gasteiger partial charge in [-0.3, -0.25) is 9.69 Å². The van der Waals surface area contributed by atoms with Crippen LogP contribution in [0.3, 0.4) is 0 Å². The summed E-state index contributed by atoms with van der Waals surface area (Å²) in [6.45, 7) is 3.50. The van der Waals surface area contributed by atoms with Gasteiger partial charge in [0.2, 0.25) is 0 Å². The van der Waals surface area contributed by atoms with Crippen molar-refractivity contribution < 1.29 is 14.3 Å². The number of rotatable bonds is 7. The molecular formula is C22H28N2O3. The predicted molar refractivity (Wildman–Crippen MR) is 106 cm³/mol. The molecule has 0 amide bonds. The van der Waals surface area contributed by atoms with Gasteiger partial charge >= 0.3 is 5.97 Å². The molecule has 0 unspecified atom stereocenters. The second-order valence-electron chi connectivity index (χ2n) is 6.77. The van der Waals surface area contributed by atoms with E-state index in [1.807, 2.05) is 19.1 Å². The van der Waals surface area contributed by atoms with Crippen LogP contribution in [0.4, 0.5) is 0 Å². The van der Waals surface area contributed by atoms with Crippen LogP contribution in [-0.4, -0.2) is 43.7 Å². The number of nitrogens with two attached hydrogens (primary N) is 1. The van der Waals surface area contributed by atoms with Crippen molar-refractivity contribution in [3.8, 4) is 5.75 Å². The van der Waals surface area contributed by atoms with Gasteiger partial charge in [0.15, 0.2) is 0 Å². The third kappa shape index (κ3) is 4.31. The second kappa shape index (κ2) is 9.02. The normalized spacial score (nSPS) is 19.4. The van der Waals surface area contributed by atoms with Gasteiger partial charge in [-0.15, -0.1) is 0 Å². The lowest BCUT2D eigenvalue weighted by atomic mass is 9.83. The number of esters is 1.